The van der Waals surface area contributed by atoms with E-state index in [1.807, 2.05) is 4.90 Å². The molecule has 0 saturated carbocycles. The summed E-state index contributed by atoms with van der Waals surface area (Å²) in [4.78, 5) is 38.5. The van der Waals surface area contributed by atoms with Crippen LogP contribution in [0.4, 0.5) is 21.5 Å². The van der Waals surface area contributed by atoms with Gasteiger partial charge < -0.3 is 15.5 Å². The topological polar surface area (TPSA) is 78.5 Å². The van der Waals surface area contributed by atoms with Gasteiger partial charge in [0.05, 0.1) is 0 Å². The lowest BCUT2D eigenvalue weighted by atomic mass is 9.98. The summed E-state index contributed by atoms with van der Waals surface area (Å²) in [5, 5.41) is 5.75. The molecule has 1 aliphatic heterocycles. The zero-order chi connectivity index (χ0) is 22.0. The second-order valence-corrected chi connectivity index (χ2v) is 8.07. The number of anilines is 3. The first-order chi connectivity index (χ1) is 14.9. The molecule has 2 N–H and O–H groups in total. The van der Waals surface area contributed by atoms with Crippen molar-refractivity contribution in [3.63, 3.8) is 0 Å². The number of halogens is 1. The van der Waals surface area contributed by atoms with Gasteiger partial charge in [0.2, 0.25) is 0 Å². The van der Waals surface area contributed by atoms with E-state index < -0.39 is 16.7 Å². The number of rotatable bonds is 6. The van der Waals surface area contributed by atoms with Gasteiger partial charge in [0.1, 0.15) is 17.2 Å². The molecule has 6 nitrogen and oxygen atoms in total. The highest BCUT2D eigenvalue weighted by atomic mass is 19.1. The van der Waals surface area contributed by atoms with Crippen LogP contribution < -0.4 is 26.4 Å². The van der Waals surface area contributed by atoms with Crippen LogP contribution in [-0.2, 0) is 6.54 Å². The molecule has 1 fully saturated rings. The summed E-state index contributed by atoms with van der Waals surface area (Å²) in [6.07, 6.45) is 2.02. The highest BCUT2D eigenvalue weighted by molar-refractivity contribution is 6.04. The normalized spacial score (nSPS) is 14.6. The summed E-state index contributed by atoms with van der Waals surface area (Å²) in [6.45, 7) is 4.14. The van der Waals surface area contributed by atoms with Crippen LogP contribution in [0.3, 0.4) is 0 Å². The number of amides is 1. The molecule has 0 aromatic heterocycles. The molecule has 3 aromatic carbocycles. The number of benzene rings is 2. The maximum atomic E-state index is 13.3. The number of piperidine rings is 1. The van der Waals surface area contributed by atoms with E-state index in [-0.39, 0.29) is 5.91 Å². The van der Waals surface area contributed by atoms with Crippen LogP contribution in [0.15, 0.2) is 58.1 Å². The van der Waals surface area contributed by atoms with Gasteiger partial charge in [0, 0.05) is 30.9 Å². The maximum Gasteiger partial charge on any atom is 0.255 e. The average Bonchev–Trinajstić information content (AvgIpc) is 2.77. The molecular formula is C24H24FN3O3. The Balaban J connectivity index is 1.38. The zero-order valence-electron chi connectivity index (χ0n) is 17.3. The van der Waals surface area contributed by atoms with E-state index in [0.29, 0.717) is 35.1 Å². The summed E-state index contributed by atoms with van der Waals surface area (Å²) in [5.74, 6) is -0.124. The molecule has 0 atom stereocenters. The minimum absolute atomic E-state index is 0.339. The highest BCUT2D eigenvalue weighted by Crippen LogP contribution is 2.26. The van der Waals surface area contributed by atoms with Gasteiger partial charge in [-0.1, -0.05) is 25.1 Å². The van der Waals surface area contributed by atoms with Gasteiger partial charge in [-0.05, 0) is 54.7 Å². The Kier molecular flexibility index (Phi) is 5.84. The van der Waals surface area contributed by atoms with Crippen molar-refractivity contribution < 1.29 is 9.18 Å². The molecule has 0 unspecified atom stereocenters. The van der Waals surface area contributed by atoms with Crippen molar-refractivity contribution in [2.75, 3.05) is 28.6 Å². The van der Waals surface area contributed by atoms with Crippen molar-refractivity contribution in [3.8, 4) is 0 Å². The predicted molar refractivity (Wildman–Crippen MR) is 120 cm³/mol. The Bertz CT molecular complexity index is 1160. The zero-order valence-corrected chi connectivity index (χ0v) is 17.3. The summed E-state index contributed by atoms with van der Waals surface area (Å²) < 4.78 is 13.3. The highest BCUT2D eigenvalue weighted by Gasteiger charge is 2.28. The van der Waals surface area contributed by atoms with Crippen molar-refractivity contribution in [2.24, 2.45) is 5.92 Å². The van der Waals surface area contributed by atoms with Crippen LogP contribution in [0.5, 0.6) is 0 Å². The van der Waals surface area contributed by atoms with E-state index >= 15 is 0 Å². The molecule has 0 aliphatic carbocycles. The summed E-state index contributed by atoms with van der Waals surface area (Å²) in [5.41, 5.74) is 1.69. The fourth-order valence-electron chi connectivity index (χ4n) is 3.81. The van der Waals surface area contributed by atoms with Gasteiger partial charge in [0.25, 0.3) is 16.8 Å². The third kappa shape index (κ3) is 4.50. The molecule has 0 radical (unpaired) electrons. The standard InChI is InChI=1S/C24H24FN3O3/c1-15-9-11-28(12-10-15)21-20(22(29)23(21)30)26-14-16-5-7-17(8-6-16)24(31)27-19-4-2-3-18(25)13-19/h2-8,13,15,26H,9-12,14H2,1H3,(H,27,31). The number of carbonyl (C=O) groups is 1. The first-order valence-electron chi connectivity index (χ1n) is 10.4. The minimum Gasteiger partial charge on any atom is -0.376 e. The second kappa shape index (κ2) is 8.71. The number of nitrogens with zero attached hydrogens (tertiary/aromatic N) is 1. The molecule has 31 heavy (non-hydrogen) atoms. The van der Waals surface area contributed by atoms with Crippen LogP contribution in [-0.4, -0.2) is 19.0 Å². The molecule has 0 spiro atoms. The molecule has 0 bridgehead atoms. The number of nitrogens with one attached hydrogen (secondary N) is 2. The number of hydrogen-bond acceptors (Lipinski definition) is 5. The SMILES string of the molecule is CC1CCN(c2c(NCc3ccc(C(=O)Nc4cccc(F)c4)cc3)c(=O)c2=O)CC1. The Labute approximate surface area is 179 Å². The van der Waals surface area contributed by atoms with Gasteiger partial charge in [-0.25, -0.2) is 4.39 Å². The van der Waals surface area contributed by atoms with Crippen LogP contribution in [0.25, 0.3) is 0 Å². The fourth-order valence-corrected chi connectivity index (χ4v) is 3.81. The van der Waals surface area contributed by atoms with E-state index in [1.54, 1.807) is 30.3 Å². The second-order valence-electron chi connectivity index (χ2n) is 8.07. The van der Waals surface area contributed by atoms with Gasteiger partial charge in [-0.15, -0.1) is 0 Å². The predicted octanol–water partition coefficient (Wildman–Crippen LogP) is 3.52. The molecular weight excluding hydrogens is 397 g/mol. The fraction of sp³-hybridized carbons (Fsp3) is 0.292. The molecule has 3 aromatic rings. The molecule has 160 valence electrons. The van der Waals surface area contributed by atoms with Crippen molar-refractivity contribution in [2.45, 2.75) is 26.3 Å². The van der Waals surface area contributed by atoms with Crippen LogP contribution in [0.1, 0.15) is 35.7 Å². The number of hydrogen-bond donors (Lipinski definition) is 2. The largest absolute Gasteiger partial charge is 0.376 e. The van der Waals surface area contributed by atoms with Gasteiger partial charge in [-0.3, -0.25) is 14.4 Å². The van der Waals surface area contributed by atoms with E-state index in [9.17, 15) is 18.8 Å². The Morgan fingerprint density at radius 2 is 1.77 bits per heavy atom. The van der Waals surface area contributed by atoms with Gasteiger partial charge >= 0.3 is 0 Å². The van der Waals surface area contributed by atoms with Crippen molar-refractivity contribution in [1.29, 1.82) is 0 Å². The van der Waals surface area contributed by atoms with E-state index in [1.165, 1.54) is 18.2 Å². The molecule has 1 heterocycles. The lowest BCUT2D eigenvalue weighted by molar-refractivity contribution is 0.102. The van der Waals surface area contributed by atoms with Crippen LogP contribution >= 0.6 is 0 Å². The third-order valence-corrected chi connectivity index (χ3v) is 5.75. The summed E-state index contributed by atoms with van der Waals surface area (Å²) in [7, 11) is 0. The van der Waals surface area contributed by atoms with E-state index in [2.05, 4.69) is 17.6 Å². The van der Waals surface area contributed by atoms with Crippen LogP contribution in [0.2, 0.25) is 0 Å². The lowest BCUT2D eigenvalue weighted by Gasteiger charge is -2.33. The summed E-state index contributed by atoms with van der Waals surface area (Å²) in [6, 6.07) is 12.6. The average molecular weight is 421 g/mol. The Morgan fingerprint density at radius 1 is 1.06 bits per heavy atom. The molecule has 1 saturated heterocycles. The first kappa shape index (κ1) is 20.8. The number of carbonyl (C=O) groups excluding carboxylic acids is 1. The molecule has 7 heteroatoms. The van der Waals surface area contributed by atoms with Gasteiger partial charge in [-0.2, -0.15) is 0 Å². The third-order valence-electron chi connectivity index (χ3n) is 5.75. The smallest absolute Gasteiger partial charge is 0.255 e. The summed E-state index contributed by atoms with van der Waals surface area (Å²) >= 11 is 0. The van der Waals surface area contributed by atoms with Crippen LogP contribution in [0, 0.1) is 11.7 Å². The molecule has 1 aliphatic rings. The monoisotopic (exact) mass is 421 g/mol. The van der Waals surface area contributed by atoms with Crippen molar-refractivity contribution >= 4 is 23.0 Å². The van der Waals surface area contributed by atoms with E-state index in [4.69, 9.17) is 0 Å². The van der Waals surface area contributed by atoms with E-state index in [0.717, 1.165) is 31.5 Å². The van der Waals surface area contributed by atoms with Crippen molar-refractivity contribution in [3.05, 3.63) is 85.9 Å². The van der Waals surface area contributed by atoms with Gasteiger partial charge in [0.15, 0.2) is 0 Å². The first-order valence-corrected chi connectivity index (χ1v) is 10.4. The minimum atomic E-state index is -0.472. The van der Waals surface area contributed by atoms with Crippen molar-refractivity contribution in [1.82, 2.24) is 0 Å². The Morgan fingerprint density at radius 3 is 2.45 bits per heavy atom. The quantitative estimate of drug-likeness (QED) is 0.596. The maximum absolute atomic E-state index is 13.3. The molecule has 1 amide bonds. The lowest BCUT2D eigenvalue weighted by Crippen LogP contribution is -2.45. The molecule has 4 rings (SSSR count). The Hall–Kier alpha value is -3.48.